The summed E-state index contributed by atoms with van der Waals surface area (Å²) in [6, 6.07) is 14.9. The molecule has 0 bridgehead atoms. The molecule has 0 fully saturated rings. The molecule has 1 aliphatic heterocycles. The molecule has 9 nitrogen and oxygen atoms in total. The zero-order chi connectivity index (χ0) is 24.4. The van der Waals surface area contributed by atoms with E-state index in [1.807, 2.05) is 62.4 Å². The Morgan fingerprint density at radius 3 is 2.63 bits per heavy atom. The molecule has 3 heterocycles. The van der Waals surface area contributed by atoms with E-state index in [9.17, 15) is 9.59 Å². The molecule has 35 heavy (non-hydrogen) atoms. The maximum Gasteiger partial charge on any atom is 0.264 e. The Bertz CT molecular complexity index is 1410. The van der Waals surface area contributed by atoms with E-state index < -0.39 is 0 Å². The van der Waals surface area contributed by atoms with Crippen LogP contribution in [0.15, 0.2) is 65.8 Å². The lowest BCUT2D eigenvalue weighted by molar-refractivity contribution is -0.122. The highest BCUT2D eigenvalue weighted by Crippen LogP contribution is 2.34. The first-order chi connectivity index (χ1) is 17.0. The van der Waals surface area contributed by atoms with Gasteiger partial charge in [-0.2, -0.15) is 5.10 Å². The molecular formula is C26H27N5O4. The zero-order valence-electron chi connectivity index (χ0n) is 19.7. The molecule has 180 valence electrons. The molecule has 5 rings (SSSR count). The summed E-state index contributed by atoms with van der Waals surface area (Å²) in [5, 5.41) is 7.74. The number of carbonyl (C=O) groups excluding carboxylic acids is 1. The number of aromatic nitrogens is 4. The minimum Gasteiger partial charge on any atom is -0.490 e. The summed E-state index contributed by atoms with van der Waals surface area (Å²) in [5.41, 5.74) is 1.86. The molecule has 4 aromatic rings. The highest BCUT2D eigenvalue weighted by molar-refractivity contribution is 5.78. The summed E-state index contributed by atoms with van der Waals surface area (Å²) < 4.78 is 14.4. The Morgan fingerprint density at radius 1 is 1.09 bits per heavy atom. The van der Waals surface area contributed by atoms with E-state index in [2.05, 4.69) is 15.4 Å². The molecule has 0 spiro atoms. The SMILES string of the molecule is CC(C)C(NC(=O)Cn1cnc2c(cnn2-c2ccccc2)c1=O)c1ccc2c(c1)OCCCO2. The smallest absolute Gasteiger partial charge is 0.264 e. The maximum atomic E-state index is 13.1. The van der Waals surface area contributed by atoms with Crippen LogP contribution in [-0.4, -0.2) is 38.5 Å². The van der Waals surface area contributed by atoms with Crippen LogP contribution in [0.3, 0.4) is 0 Å². The van der Waals surface area contributed by atoms with Gasteiger partial charge in [-0.25, -0.2) is 9.67 Å². The molecule has 1 unspecified atom stereocenters. The molecule has 0 radical (unpaired) electrons. The zero-order valence-corrected chi connectivity index (χ0v) is 19.7. The fourth-order valence-corrected chi connectivity index (χ4v) is 4.20. The molecule has 0 saturated heterocycles. The molecular weight excluding hydrogens is 446 g/mol. The van der Waals surface area contributed by atoms with Crippen LogP contribution in [-0.2, 0) is 11.3 Å². The van der Waals surface area contributed by atoms with Crippen molar-refractivity contribution in [2.24, 2.45) is 5.92 Å². The van der Waals surface area contributed by atoms with Gasteiger partial charge >= 0.3 is 0 Å². The topological polar surface area (TPSA) is 100 Å². The van der Waals surface area contributed by atoms with Gasteiger partial charge in [-0.3, -0.25) is 14.2 Å². The van der Waals surface area contributed by atoms with Crippen LogP contribution in [0.25, 0.3) is 16.7 Å². The van der Waals surface area contributed by atoms with Gasteiger partial charge in [0.25, 0.3) is 5.56 Å². The third kappa shape index (κ3) is 4.62. The number of amides is 1. The predicted octanol–water partition coefficient (Wildman–Crippen LogP) is 3.26. The molecule has 1 amide bonds. The van der Waals surface area contributed by atoms with Crippen LogP contribution in [0.4, 0.5) is 0 Å². The molecule has 1 N–H and O–H groups in total. The van der Waals surface area contributed by atoms with Crippen LogP contribution in [0.5, 0.6) is 11.5 Å². The minimum absolute atomic E-state index is 0.116. The number of hydrogen-bond donors (Lipinski definition) is 1. The van der Waals surface area contributed by atoms with Gasteiger partial charge in [0, 0.05) is 6.42 Å². The summed E-state index contributed by atoms with van der Waals surface area (Å²) in [4.78, 5) is 30.4. The lowest BCUT2D eigenvalue weighted by Crippen LogP contribution is -2.36. The van der Waals surface area contributed by atoms with Crippen molar-refractivity contribution in [1.29, 1.82) is 0 Å². The highest BCUT2D eigenvalue weighted by atomic mass is 16.5. The molecule has 0 aliphatic carbocycles. The Balaban J connectivity index is 1.36. The fraction of sp³-hybridized carbons (Fsp3) is 0.308. The first kappa shape index (κ1) is 22.6. The van der Waals surface area contributed by atoms with Crippen molar-refractivity contribution >= 4 is 16.9 Å². The third-order valence-electron chi connectivity index (χ3n) is 5.98. The molecule has 2 aromatic heterocycles. The first-order valence-electron chi connectivity index (χ1n) is 11.7. The number of rotatable bonds is 6. The Kier molecular flexibility index (Phi) is 6.22. The third-order valence-corrected chi connectivity index (χ3v) is 5.98. The Labute approximate surface area is 202 Å². The van der Waals surface area contributed by atoms with Gasteiger partial charge in [-0.1, -0.05) is 38.1 Å². The largest absolute Gasteiger partial charge is 0.490 e. The van der Waals surface area contributed by atoms with Gasteiger partial charge in [-0.05, 0) is 35.7 Å². The quantitative estimate of drug-likeness (QED) is 0.461. The van der Waals surface area contributed by atoms with Crippen LogP contribution in [0, 0.1) is 5.92 Å². The van der Waals surface area contributed by atoms with Gasteiger partial charge in [0.1, 0.15) is 18.3 Å². The predicted molar refractivity (Wildman–Crippen MR) is 131 cm³/mol. The van der Waals surface area contributed by atoms with Crippen molar-refractivity contribution < 1.29 is 14.3 Å². The number of hydrogen-bond acceptors (Lipinski definition) is 6. The number of ether oxygens (including phenoxy) is 2. The lowest BCUT2D eigenvalue weighted by atomic mass is 9.95. The van der Waals surface area contributed by atoms with Crippen molar-refractivity contribution in [3.63, 3.8) is 0 Å². The highest BCUT2D eigenvalue weighted by Gasteiger charge is 2.22. The second-order valence-electron chi connectivity index (χ2n) is 8.85. The molecule has 9 heteroatoms. The van der Waals surface area contributed by atoms with Crippen LogP contribution < -0.4 is 20.3 Å². The van der Waals surface area contributed by atoms with E-state index in [0.717, 1.165) is 17.7 Å². The van der Waals surface area contributed by atoms with Gasteiger partial charge in [0.2, 0.25) is 5.91 Å². The summed E-state index contributed by atoms with van der Waals surface area (Å²) >= 11 is 0. The number of carbonyl (C=O) groups is 1. The lowest BCUT2D eigenvalue weighted by Gasteiger charge is -2.24. The molecule has 0 saturated carbocycles. The summed E-state index contributed by atoms with van der Waals surface area (Å²) in [5.74, 6) is 1.22. The van der Waals surface area contributed by atoms with Crippen molar-refractivity contribution in [1.82, 2.24) is 24.6 Å². The standard InChI is InChI=1S/C26H27N5O4/c1-17(2)24(18-9-10-21-22(13-18)35-12-6-11-34-21)29-23(32)15-30-16-27-25-20(26(30)33)14-28-31(25)19-7-4-3-5-8-19/h3-5,7-10,13-14,16-17,24H,6,11-12,15H2,1-2H3,(H,29,32). The van der Waals surface area contributed by atoms with Crippen molar-refractivity contribution in [2.45, 2.75) is 32.9 Å². The Hall–Kier alpha value is -4.14. The monoisotopic (exact) mass is 473 g/mol. The number of para-hydroxylation sites is 1. The van der Waals surface area contributed by atoms with Crippen LogP contribution in [0.2, 0.25) is 0 Å². The number of fused-ring (bicyclic) bond motifs is 2. The average Bonchev–Trinajstić information content (AvgIpc) is 3.16. The number of nitrogens with one attached hydrogen (secondary N) is 1. The number of nitrogens with zero attached hydrogens (tertiary/aromatic N) is 4. The van der Waals surface area contributed by atoms with E-state index in [-0.39, 0.29) is 30.0 Å². The fourth-order valence-electron chi connectivity index (χ4n) is 4.20. The summed E-state index contributed by atoms with van der Waals surface area (Å²) in [7, 11) is 0. The van der Waals surface area contributed by atoms with E-state index in [4.69, 9.17) is 9.47 Å². The van der Waals surface area contributed by atoms with E-state index >= 15 is 0 Å². The molecule has 1 aliphatic rings. The summed E-state index contributed by atoms with van der Waals surface area (Å²) in [6.45, 7) is 5.13. The van der Waals surface area contributed by atoms with E-state index in [0.29, 0.717) is 35.7 Å². The van der Waals surface area contributed by atoms with Gasteiger partial charge in [0.15, 0.2) is 17.1 Å². The summed E-state index contributed by atoms with van der Waals surface area (Å²) in [6.07, 6.45) is 3.70. The van der Waals surface area contributed by atoms with Crippen molar-refractivity contribution in [3.05, 3.63) is 77.0 Å². The first-order valence-corrected chi connectivity index (χ1v) is 11.7. The average molecular weight is 474 g/mol. The molecule has 2 aromatic carbocycles. The minimum atomic E-state index is -0.316. The van der Waals surface area contributed by atoms with Crippen LogP contribution >= 0.6 is 0 Å². The van der Waals surface area contributed by atoms with Crippen molar-refractivity contribution in [3.8, 4) is 17.2 Å². The van der Waals surface area contributed by atoms with Gasteiger partial charge in [-0.15, -0.1) is 0 Å². The molecule has 1 atom stereocenters. The Morgan fingerprint density at radius 2 is 1.86 bits per heavy atom. The normalized spacial score (nSPS) is 14.0. The number of benzene rings is 2. The second-order valence-corrected chi connectivity index (χ2v) is 8.85. The maximum absolute atomic E-state index is 13.1. The van der Waals surface area contributed by atoms with E-state index in [1.165, 1.54) is 17.1 Å². The van der Waals surface area contributed by atoms with Crippen LogP contribution in [0.1, 0.15) is 31.9 Å². The second kappa shape index (κ2) is 9.61. The van der Waals surface area contributed by atoms with Crippen molar-refractivity contribution in [2.75, 3.05) is 13.2 Å². The van der Waals surface area contributed by atoms with Gasteiger partial charge < -0.3 is 14.8 Å². The van der Waals surface area contributed by atoms with Gasteiger partial charge in [0.05, 0.1) is 31.1 Å². The van der Waals surface area contributed by atoms with E-state index in [1.54, 1.807) is 4.68 Å².